The van der Waals surface area contributed by atoms with Gasteiger partial charge in [0.1, 0.15) is 5.75 Å². The van der Waals surface area contributed by atoms with Crippen molar-refractivity contribution >= 4 is 17.5 Å². The minimum atomic E-state index is -0.561. The molecular weight excluding hydrogens is 288 g/mol. The molecule has 5 heteroatoms. The van der Waals surface area contributed by atoms with Gasteiger partial charge >= 0.3 is 0 Å². The predicted molar refractivity (Wildman–Crippen MR) is 86.8 cm³/mol. The fourth-order valence-electron chi connectivity index (χ4n) is 1.71. The van der Waals surface area contributed by atoms with Crippen LogP contribution in [0.15, 0.2) is 18.2 Å². The average Bonchev–Trinajstić information content (AvgIpc) is 2.44. The van der Waals surface area contributed by atoms with Crippen LogP contribution in [0.1, 0.15) is 39.7 Å². The predicted octanol–water partition coefficient (Wildman–Crippen LogP) is 3.13. The number of carbonyl (C=O) groups is 1. The summed E-state index contributed by atoms with van der Waals surface area (Å²) in [7, 11) is 0. The van der Waals surface area contributed by atoms with E-state index >= 15 is 0 Å². The van der Waals surface area contributed by atoms with Gasteiger partial charge in [-0.15, -0.1) is 0 Å². The maximum Gasteiger partial charge on any atom is 0.260 e. The molecule has 21 heavy (non-hydrogen) atoms. The Kier molecular flexibility index (Phi) is 7.54. The van der Waals surface area contributed by atoms with Gasteiger partial charge in [0.15, 0.2) is 6.10 Å². The van der Waals surface area contributed by atoms with Crippen molar-refractivity contribution in [2.75, 3.05) is 6.54 Å². The molecule has 0 saturated heterocycles. The maximum atomic E-state index is 11.8. The van der Waals surface area contributed by atoms with Crippen molar-refractivity contribution in [2.24, 2.45) is 0 Å². The van der Waals surface area contributed by atoms with Gasteiger partial charge in [-0.05, 0) is 31.0 Å². The molecule has 1 rings (SSSR count). The fraction of sp³-hybridized carbons (Fsp3) is 0.562. The zero-order chi connectivity index (χ0) is 15.8. The molecule has 0 fully saturated rings. The third kappa shape index (κ3) is 6.36. The first-order valence-corrected chi connectivity index (χ1v) is 7.78. The van der Waals surface area contributed by atoms with Crippen molar-refractivity contribution in [1.82, 2.24) is 10.6 Å². The van der Waals surface area contributed by atoms with Gasteiger partial charge in [-0.3, -0.25) is 4.79 Å². The molecule has 0 aliphatic rings. The summed E-state index contributed by atoms with van der Waals surface area (Å²) < 4.78 is 5.62. The standard InChI is InChI=1S/C16H25ClN2O2/c1-5-8-18-16(20)12(4)21-15-7-6-13(9-14(15)17)10-19-11(2)3/h6-7,9,11-12,19H,5,8,10H2,1-4H3,(H,18,20). The van der Waals surface area contributed by atoms with E-state index in [0.717, 1.165) is 18.5 Å². The Morgan fingerprint density at radius 1 is 1.33 bits per heavy atom. The van der Waals surface area contributed by atoms with Gasteiger partial charge < -0.3 is 15.4 Å². The molecule has 0 spiro atoms. The SMILES string of the molecule is CCCNC(=O)C(C)Oc1ccc(CNC(C)C)cc1Cl. The number of hydrogen-bond acceptors (Lipinski definition) is 3. The van der Waals surface area contributed by atoms with Crippen molar-refractivity contribution < 1.29 is 9.53 Å². The van der Waals surface area contributed by atoms with E-state index in [1.54, 1.807) is 6.92 Å². The van der Waals surface area contributed by atoms with Crippen LogP contribution < -0.4 is 15.4 Å². The fourth-order valence-corrected chi connectivity index (χ4v) is 1.96. The highest BCUT2D eigenvalue weighted by Gasteiger charge is 2.15. The Morgan fingerprint density at radius 2 is 2.05 bits per heavy atom. The normalized spacial score (nSPS) is 12.3. The van der Waals surface area contributed by atoms with Crippen LogP contribution in [0.25, 0.3) is 0 Å². The largest absolute Gasteiger partial charge is 0.479 e. The summed E-state index contributed by atoms with van der Waals surface area (Å²) in [5, 5.41) is 6.65. The van der Waals surface area contributed by atoms with Crippen LogP contribution in [0.5, 0.6) is 5.75 Å². The van der Waals surface area contributed by atoms with Crippen LogP contribution in [0.4, 0.5) is 0 Å². The molecule has 118 valence electrons. The zero-order valence-corrected chi connectivity index (χ0v) is 14.0. The second-order valence-electron chi connectivity index (χ2n) is 5.35. The van der Waals surface area contributed by atoms with E-state index in [1.165, 1.54) is 0 Å². The van der Waals surface area contributed by atoms with E-state index in [4.69, 9.17) is 16.3 Å². The second kappa shape index (κ2) is 8.90. The summed E-state index contributed by atoms with van der Waals surface area (Å²) >= 11 is 6.21. The lowest BCUT2D eigenvalue weighted by Gasteiger charge is -2.16. The summed E-state index contributed by atoms with van der Waals surface area (Å²) in [6.45, 7) is 9.32. The number of rotatable bonds is 8. The van der Waals surface area contributed by atoms with Crippen LogP contribution in [-0.2, 0) is 11.3 Å². The lowest BCUT2D eigenvalue weighted by atomic mass is 10.2. The summed E-state index contributed by atoms with van der Waals surface area (Å²) in [6, 6.07) is 6.04. The molecule has 0 bridgehead atoms. The van der Waals surface area contributed by atoms with Gasteiger partial charge in [-0.1, -0.05) is 38.4 Å². The molecule has 0 aromatic heterocycles. The van der Waals surface area contributed by atoms with E-state index in [9.17, 15) is 4.79 Å². The van der Waals surface area contributed by atoms with E-state index in [1.807, 2.05) is 25.1 Å². The Morgan fingerprint density at radius 3 is 2.62 bits per heavy atom. The first-order valence-electron chi connectivity index (χ1n) is 7.40. The van der Waals surface area contributed by atoms with Gasteiger partial charge in [-0.2, -0.15) is 0 Å². The number of ether oxygens (including phenoxy) is 1. The maximum absolute atomic E-state index is 11.8. The minimum Gasteiger partial charge on any atom is -0.479 e. The van der Waals surface area contributed by atoms with E-state index in [-0.39, 0.29) is 5.91 Å². The number of benzene rings is 1. The Balaban J connectivity index is 2.61. The number of halogens is 1. The molecule has 0 saturated carbocycles. The van der Waals surface area contributed by atoms with Crippen molar-refractivity contribution in [1.29, 1.82) is 0 Å². The van der Waals surface area contributed by atoms with Crippen LogP contribution in [-0.4, -0.2) is 24.6 Å². The van der Waals surface area contributed by atoms with Crippen LogP contribution >= 0.6 is 11.6 Å². The zero-order valence-electron chi connectivity index (χ0n) is 13.2. The molecule has 0 aliphatic carbocycles. The molecular formula is C16H25ClN2O2. The van der Waals surface area contributed by atoms with Crippen molar-refractivity contribution in [3.8, 4) is 5.75 Å². The summed E-state index contributed by atoms with van der Waals surface area (Å²) in [6.07, 6.45) is 0.338. The van der Waals surface area contributed by atoms with Gasteiger partial charge in [0.05, 0.1) is 5.02 Å². The average molecular weight is 313 g/mol. The molecule has 2 N–H and O–H groups in total. The Hall–Kier alpha value is -1.26. The third-order valence-electron chi connectivity index (χ3n) is 2.93. The minimum absolute atomic E-state index is 0.126. The molecule has 1 aromatic rings. The van der Waals surface area contributed by atoms with Gasteiger partial charge in [0, 0.05) is 19.1 Å². The Bertz CT molecular complexity index is 464. The molecule has 4 nitrogen and oxygen atoms in total. The Labute approximate surface area is 132 Å². The highest BCUT2D eigenvalue weighted by atomic mass is 35.5. The quantitative estimate of drug-likeness (QED) is 0.775. The van der Waals surface area contributed by atoms with Crippen molar-refractivity contribution in [3.05, 3.63) is 28.8 Å². The molecule has 0 aliphatic heterocycles. The van der Waals surface area contributed by atoms with E-state index in [0.29, 0.717) is 23.4 Å². The lowest BCUT2D eigenvalue weighted by molar-refractivity contribution is -0.127. The smallest absolute Gasteiger partial charge is 0.260 e. The lowest BCUT2D eigenvalue weighted by Crippen LogP contribution is -2.36. The van der Waals surface area contributed by atoms with Crippen LogP contribution in [0, 0.1) is 0 Å². The summed E-state index contributed by atoms with van der Waals surface area (Å²) in [5.41, 5.74) is 1.09. The number of amides is 1. The highest BCUT2D eigenvalue weighted by molar-refractivity contribution is 6.32. The van der Waals surface area contributed by atoms with Crippen LogP contribution in [0.2, 0.25) is 5.02 Å². The van der Waals surface area contributed by atoms with Gasteiger partial charge in [0.2, 0.25) is 0 Å². The van der Waals surface area contributed by atoms with Crippen LogP contribution in [0.3, 0.4) is 0 Å². The second-order valence-corrected chi connectivity index (χ2v) is 5.76. The summed E-state index contributed by atoms with van der Waals surface area (Å²) in [4.78, 5) is 11.8. The van der Waals surface area contributed by atoms with E-state index in [2.05, 4.69) is 24.5 Å². The number of carbonyl (C=O) groups excluding carboxylic acids is 1. The molecule has 1 aromatic carbocycles. The van der Waals surface area contributed by atoms with Crippen molar-refractivity contribution in [3.63, 3.8) is 0 Å². The number of hydrogen-bond donors (Lipinski definition) is 2. The third-order valence-corrected chi connectivity index (χ3v) is 3.23. The molecule has 1 unspecified atom stereocenters. The first-order chi connectivity index (χ1) is 9.93. The van der Waals surface area contributed by atoms with E-state index < -0.39 is 6.10 Å². The van der Waals surface area contributed by atoms with Crippen molar-refractivity contribution in [2.45, 2.75) is 52.8 Å². The van der Waals surface area contributed by atoms with Gasteiger partial charge in [-0.25, -0.2) is 0 Å². The number of nitrogens with one attached hydrogen (secondary N) is 2. The van der Waals surface area contributed by atoms with Gasteiger partial charge in [0.25, 0.3) is 5.91 Å². The topological polar surface area (TPSA) is 50.4 Å². The molecule has 0 radical (unpaired) electrons. The summed E-state index contributed by atoms with van der Waals surface area (Å²) in [5.74, 6) is 0.405. The first kappa shape index (κ1) is 17.8. The molecule has 1 amide bonds. The monoisotopic (exact) mass is 312 g/mol. The highest BCUT2D eigenvalue weighted by Crippen LogP contribution is 2.26. The molecule has 0 heterocycles. The molecule has 1 atom stereocenters.